The predicted octanol–water partition coefficient (Wildman–Crippen LogP) is 1.74. The molecule has 0 saturated carbocycles. The Kier molecular flexibility index (Phi) is 4.90. The van der Waals surface area contributed by atoms with Gasteiger partial charge in [0.25, 0.3) is 0 Å². The van der Waals surface area contributed by atoms with Crippen molar-refractivity contribution in [2.24, 2.45) is 5.92 Å². The molecule has 0 radical (unpaired) electrons. The Morgan fingerprint density at radius 3 is 2.90 bits per heavy atom. The first-order valence-electron chi connectivity index (χ1n) is 6.43. The topological polar surface area (TPSA) is 66.8 Å². The lowest BCUT2D eigenvalue weighted by atomic mass is 10.0. The molecule has 0 spiro atoms. The van der Waals surface area contributed by atoms with E-state index >= 15 is 0 Å². The van der Waals surface area contributed by atoms with Crippen LogP contribution < -0.4 is 4.74 Å². The minimum atomic E-state index is -3.66. The minimum Gasteiger partial charge on any atom is -0.495 e. The maximum absolute atomic E-state index is 12.7. The van der Waals surface area contributed by atoms with Gasteiger partial charge in [-0.1, -0.05) is 11.6 Å². The molecule has 1 heterocycles. The molecule has 1 unspecified atom stereocenters. The molecule has 0 aliphatic carbocycles. The number of benzene rings is 1. The Bertz CT molecular complexity index is 576. The first-order valence-corrected chi connectivity index (χ1v) is 8.25. The fourth-order valence-electron chi connectivity index (χ4n) is 2.39. The fourth-order valence-corrected chi connectivity index (χ4v) is 4.36. The molecule has 1 atom stereocenters. The molecular weight excluding hydrogens is 302 g/mol. The van der Waals surface area contributed by atoms with Gasteiger partial charge in [-0.05, 0) is 37.0 Å². The van der Waals surface area contributed by atoms with E-state index in [2.05, 4.69) is 0 Å². The Labute approximate surface area is 124 Å². The largest absolute Gasteiger partial charge is 0.495 e. The third-order valence-electron chi connectivity index (χ3n) is 3.48. The zero-order chi connectivity index (χ0) is 14.8. The van der Waals surface area contributed by atoms with Gasteiger partial charge >= 0.3 is 0 Å². The van der Waals surface area contributed by atoms with Crippen molar-refractivity contribution in [2.45, 2.75) is 17.7 Å². The maximum Gasteiger partial charge on any atom is 0.246 e. The van der Waals surface area contributed by atoms with Crippen LogP contribution in [0.1, 0.15) is 12.8 Å². The van der Waals surface area contributed by atoms with Crippen LogP contribution in [0.2, 0.25) is 5.02 Å². The SMILES string of the molecule is COc1ccc(Cl)cc1S(=O)(=O)N1CCCC(CO)C1. The molecule has 20 heavy (non-hydrogen) atoms. The van der Waals surface area contributed by atoms with Crippen LogP contribution in [0.4, 0.5) is 0 Å². The van der Waals surface area contributed by atoms with E-state index < -0.39 is 10.0 Å². The van der Waals surface area contributed by atoms with Crippen LogP contribution in [0.3, 0.4) is 0 Å². The predicted molar refractivity (Wildman–Crippen MR) is 76.6 cm³/mol. The van der Waals surface area contributed by atoms with Gasteiger partial charge in [0, 0.05) is 24.7 Å². The standard InChI is InChI=1S/C13H18ClNO4S/c1-19-12-5-4-11(14)7-13(12)20(17,18)15-6-2-3-10(8-15)9-16/h4-5,7,10,16H,2-3,6,8-9H2,1H3. The van der Waals surface area contributed by atoms with E-state index in [1.54, 1.807) is 12.1 Å². The van der Waals surface area contributed by atoms with E-state index in [0.717, 1.165) is 12.8 Å². The Balaban J connectivity index is 2.37. The van der Waals surface area contributed by atoms with E-state index in [9.17, 15) is 13.5 Å². The summed E-state index contributed by atoms with van der Waals surface area (Å²) in [5, 5.41) is 9.57. The monoisotopic (exact) mass is 319 g/mol. The summed E-state index contributed by atoms with van der Waals surface area (Å²) in [6.45, 7) is 0.779. The van der Waals surface area contributed by atoms with Gasteiger partial charge in [-0.15, -0.1) is 0 Å². The summed E-state index contributed by atoms with van der Waals surface area (Å²) in [6, 6.07) is 4.53. The van der Waals surface area contributed by atoms with Crippen LogP contribution in [0.25, 0.3) is 0 Å². The second-order valence-corrected chi connectivity index (χ2v) is 7.19. The summed E-state index contributed by atoms with van der Waals surface area (Å²) in [5.74, 6) is 0.268. The molecule has 1 aromatic carbocycles. The van der Waals surface area contributed by atoms with Crippen LogP contribution in [-0.4, -0.2) is 44.6 Å². The summed E-state index contributed by atoms with van der Waals surface area (Å²) in [4.78, 5) is 0.0751. The number of piperidine rings is 1. The minimum absolute atomic E-state index is 0.00129. The van der Waals surface area contributed by atoms with Crippen molar-refractivity contribution in [1.29, 1.82) is 0 Å². The van der Waals surface area contributed by atoms with Crippen molar-refractivity contribution < 1.29 is 18.3 Å². The van der Waals surface area contributed by atoms with Gasteiger partial charge < -0.3 is 9.84 Å². The molecule has 0 amide bonds. The Morgan fingerprint density at radius 2 is 2.25 bits per heavy atom. The summed E-state index contributed by atoms with van der Waals surface area (Å²) in [6.07, 6.45) is 1.59. The van der Waals surface area contributed by atoms with Crippen LogP contribution in [0.5, 0.6) is 5.75 Å². The molecule has 112 valence electrons. The summed E-state index contributed by atoms with van der Waals surface area (Å²) in [7, 11) is -2.23. The van der Waals surface area contributed by atoms with Crippen molar-refractivity contribution in [2.75, 3.05) is 26.8 Å². The lowest BCUT2D eigenvalue weighted by Gasteiger charge is -2.31. The summed E-state index contributed by atoms with van der Waals surface area (Å²) in [5.41, 5.74) is 0. The highest BCUT2D eigenvalue weighted by atomic mass is 35.5. The van der Waals surface area contributed by atoms with Gasteiger partial charge in [-0.3, -0.25) is 0 Å². The van der Waals surface area contributed by atoms with Gasteiger partial charge in [0.05, 0.1) is 7.11 Å². The zero-order valence-corrected chi connectivity index (χ0v) is 12.8. The van der Waals surface area contributed by atoms with E-state index in [0.29, 0.717) is 18.1 Å². The number of nitrogens with zero attached hydrogens (tertiary/aromatic N) is 1. The van der Waals surface area contributed by atoms with Crippen LogP contribution >= 0.6 is 11.6 Å². The Hall–Kier alpha value is -0.820. The lowest BCUT2D eigenvalue weighted by Crippen LogP contribution is -2.41. The van der Waals surface area contributed by atoms with Crippen molar-refractivity contribution in [1.82, 2.24) is 4.31 Å². The molecular formula is C13H18ClNO4S. The molecule has 2 rings (SSSR count). The molecule has 1 saturated heterocycles. The lowest BCUT2D eigenvalue weighted by molar-refractivity contribution is 0.165. The molecule has 1 aliphatic heterocycles. The number of aliphatic hydroxyl groups is 1. The van der Waals surface area contributed by atoms with E-state index in [1.807, 2.05) is 0 Å². The maximum atomic E-state index is 12.7. The van der Waals surface area contributed by atoms with Crippen LogP contribution in [0.15, 0.2) is 23.1 Å². The van der Waals surface area contributed by atoms with Crippen molar-refractivity contribution in [3.05, 3.63) is 23.2 Å². The smallest absolute Gasteiger partial charge is 0.246 e. The van der Waals surface area contributed by atoms with Crippen molar-refractivity contribution in [3.63, 3.8) is 0 Å². The van der Waals surface area contributed by atoms with E-state index in [-0.39, 0.29) is 23.2 Å². The van der Waals surface area contributed by atoms with Gasteiger partial charge in [0.15, 0.2) is 0 Å². The highest BCUT2D eigenvalue weighted by molar-refractivity contribution is 7.89. The van der Waals surface area contributed by atoms with Gasteiger partial charge in [-0.25, -0.2) is 8.42 Å². The number of aliphatic hydroxyl groups excluding tert-OH is 1. The third-order valence-corrected chi connectivity index (χ3v) is 5.60. The quantitative estimate of drug-likeness (QED) is 0.918. The number of halogens is 1. The molecule has 0 bridgehead atoms. The number of sulfonamides is 1. The van der Waals surface area contributed by atoms with E-state index in [4.69, 9.17) is 16.3 Å². The van der Waals surface area contributed by atoms with Gasteiger partial charge in [-0.2, -0.15) is 4.31 Å². The average Bonchev–Trinajstić information content (AvgIpc) is 2.47. The summed E-state index contributed by atoms with van der Waals surface area (Å²) < 4.78 is 31.9. The van der Waals surface area contributed by atoms with Gasteiger partial charge in [0.2, 0.25) is 10.0 Å². The number of rotatable bonds is 4. The van der Waals surface area contributed by atoms with E-state index in [1.165, 1.54) is 17.5 Å². The molecule has 5 nitrogen and oxygen atoms in total. The second-order valence-electron chi connectivity index (χ2n) is 4.85. The molecule has 1 aliphatic rings. The van der Waals surface area contributed by atoms with Crippen LogP contribution in [-0.2, 0) is 10.0 Å². The molecule has 0 aromatic heterocycles. The summed E-state index contributed by atoms with van der Waals surface area (Å²) >= 11 is 5.90. The van der Waals surface area contributed by atoms with Crippen molar-refractivity contribution in [3.8, 4) is 5.75 Å². The van der Waals surface area contributed by atoms with Crippen molar-refractivity contribution >= 4 is 21.6 Å². The highest BCUT2D eigenvalue weighted by Crippen LogP contribution is 2.31. The molecule has 1 fully saturated rings. The first-order chi connectivity index (χ1) is 9.48. The number of ether oxygens (including phenoxy) is 1. The average molecular weight is 320 g/mol. The number of methoxy groups -OCH3 is 1. The fraction of sp³-hybridized carbons (Fsp3) is 0.538. The zero-order valence-electron chi connectivity index (χ0n) is 11.3. The normalized spacial score (nSPS) is 20.9. The molecule has 1 aromatic rings. The molecule has 7 heteroatoms. The Morgan fingerprint density at radius 1 is 1.50 bits per heavy atom. The third kappa shape index (κ3) is 3.09. The highest BCUT2D eigenvalue weighted by Gasteiger charge is 2.32. The van der Waals surface area contributed by atoms with Gasteiger partial charge in [0.1, 0.15) is 10.6 Å². The molecule has 1 N–H and O–H groups in total. The number of hydrogen-bond donors (Lipinski definition) is 1. The number of hydrogen-bond acceptors (Lipinski definition) is 4. The second kappa shape index (κ2) is 6.30. The first kappa shape index (κ1) is 15.6. The van der Waals surface area contributed by atoms with Crippen LogP contribution in [0, 0.1) is 5.92 Å².